The van der Waals surface area contributed by atoms with E-state index in [2.05, 4.69) is 10.2 Å². The third-order valence-electron chi connectivity index (χ3n) is 2.92. The van der Waals surface area contributed by atoms with E-state index in [9.17, 15) is 4.39 Å². The van der Waals surface area contributed by atoms with Gasteiger partial charge in [-0.3, -0.25) is 4.40 Å². The summed E-state index contributed by atoms with van der Waals surface area (Å²) < 4.78 is 15.0. The quantitative estimate of drug-likeness (QED) is 0.713. The van der Waals surface area contributed by atoms with Crippen molar-refractivity contribution >= 4 is 11.3 Å². The summed E-state index contributed by atoms with van der Waals surface area (Å²) in [7, 11) is 0. The number of fused-ring (bicyclic) bond motifs is 1. The number of nitrogens with two attached hydrogens (primary N) is 1. The lowest BCUT2D eigenvalue weighted by atomic mass is 10.2. The number of halogens is 1. The first kappa shape index (κ1) is 10.7. The van der Waals surface area contributed by atoms with Gasteiger partial charge in [0.2, 0.25) is 0 Å². The number of aryl methyl sites for hydroxylation is 1. The minimum absolute atomic E-state index is 0.302. The minimum Gasteiger partial charge on any atom is -0.395 e. The molecule has 0 fully saturated rings. The molecule has 0 amide bonds. The number of nitrogens with zero attached hydrogens (tertiary/aromatic N) is 3. The molecule has 0 aliphatic heterocycles. The molecule has 18 heavy (non-hydrogen) atoms. The fraction of sp³-hybridized carbons (Fsp3) is 0.0769. The molecule has 2 heterocycles. The zero-order valence-corrected chi connectivity index (χ0v) is 9.76. The second kappa shape index (κ2) is 3.80. The largest absolute Gasteiger partial charge is 0.395 e. The molecular formula is C13H11FN4. The highest BCUT2D eigenvalue weighted by molar-refractivity contribution is 5.71. The molecule has 0 aliphatic rings. The summed E-state index contributed by atoms with van der Waals surface area (Å²) in [5, 5.41) is 8.13. The lowest BCUT2D eigenvalue weighted by Gasteiger charge is -2.03. The molecule has 0 unspecified atom stereocenters. The van der Waals surface area contributed by atoms with Crippen LogP contribution in [0, 0.1) is 12.7 Å². The number of anilines is 1. The summed E-state index contributed by atoms with van der Waals surface area (Å²) in [6.45, 7) is 1.91. The maximum Gasteiger partial charge on any atom is 0.184 e. The number of benzene rings is 1. The van der Waals surface area contributed by atoms with Crippen LogP contribution in [0.5, 0.6) is 0 Å². The van der Waals surface area contributed by atoms with Gasteiger partial charge >= 0.3 is 0 Å². The van der Waals surface area contributed by atoms with Gasteiger partial charge in [-0.1, -0.05) is 12.1 Å². The third kappa shape index (κ3) is 1.52. The summed E-state index contributed by atoms with van der Waals surface area (Å²) in [6, 6.07) is 8.13. The Morgan fingerprint density at radius 2 is 2.06 bits per heavy atom. The summed E-state index contributed by atoms with van der Waals surface area (Å²) >= 11 is 0. The van der Waals surface area contributed by atoms with Gasteiger partial charge in [-0.15, -0.1) is 10.2 Å². The van der Waals surface area contributed by atoms with Crippen molar-refractivity contribution in [2.24, 2.45) is 0 Å². The second-order valence-corrected chi connectivity index (χ2v) is 4.14. The van der Waals surface area contributed by atoms with Crippen LogP contribution >= 0.6 is 0 Å². The highest BCUT2D eigenvalue weighted by Crippen LogP contribution is 2.23. The van der Waals surface area contributed by atoms with E-state index in [1.54, 1.807) is 16.5 Å². The number of aromatic nitrogens is 3. The van der Waals surface area contributed by atoms with Gasteiger partial charge in [0.05, 0.1) is 5.69 Å². The Balaban J connectivity index is 2.28. The van der Waals surface area contributed by atoms with Crippen molar-refractivity contribution in [2.45, 2.75) is 6.92 Å². The molecular weight excluding hydrogens is 231 g/mol. The van der Waals surface area contributed by atoms with Gasteiger partial charge in [-0.2, -0.15) is 0 Å². The van der Waals surface area contributed by atoms with Gasteiger partial charge in [-0.25, -0.2) is 4.39 Å². The van der Waals surface area contributed by atoms with Crippen molar-refractivity contribution in [1.82, 2.24) is 14.6 Å². The van der Waals surface area contributed by atoms with Gasteiger partial charge in [0, 0.05) is 11.8 Å². The van der Waals surface area contributed by atoms with Crippen LogP contribution in [0.25, 0.3) is 17.0 Å². The van der Waals surface area contributed by atoms with Crippen LogP contribution in [0.3, 0.4) is 0 Å². The van der Waals surface area contributed by atoms with Gasteiger partial charge in [0.1, 0.15) is 5.82 Å². The van der Waals surface area contributed by atoms with Crippen molar-refractivity contribution in [1.29, 1.82) is 0 Å². The molecule has 0 aliphatic carbocycles. The minimum atomic E-state index is -0.302. The van der Waals surface area contributed by atoms with E-state index in [-0.39, 0.29) is 5.82 Å². The first-order valence-electron chi connectivity index (χ1n) is 5.52. The summed E-state index contributed by atoms with van der Waals surface area (Å²) in [6.07, 6.45) is 1.83. The van der Waals surface area contributed by atoms with Crippen LogP contribution in [0.2, 0.25) is 0 Å². The summed E-state index contributed by atoms with van der Waals surface area (Å²) in [5.41, 5.74) is 8.74. The molecule has 1 aromatic carbocycles. The fourth-order valence-electron chi connectivity index (χ4n) is 1.89. The van der Waals surface area contributed by atoms with Gasteiger partial charge in [0.15, 0.2) is 11.5 Å². The molecule has 4 nitrogen and oxygen atoms in total. The molecule has 0 bridgehead atoms. The van der Waals surface area contributed by atoms with E-state index in [0.717, 1.165) is 5.56 Å². The van der Waals surface area contributed by atoms with Gasteiger partial charge in [0.25, 0.3) is 0 Å². The Morgan fingerprint density at radius 1 is 1.22 bits per heavy atom. The third-order valence-corrected chi connectivity index (χ3v) is 2.92. The van der Waals surface area contributed by atoms with E-state index in [4.69, 9.17) is 5.73 Å². The Kier molecular flexibility index (Phi) is 2.26. The molecule has 0 radical (unpaired) electrons. The molecule has 0 spiro atoms. The highest BCUT2D eigenvalue weighted by atomic mass is 19.1. The number of nitrogen functional groups attached to an aromatic ring is 1. The van der Waals surface area contributed by atoms with Gasteiger partial charge in [-0.05, 0) is 30.7 Å². The predicted octanol–water partition coefficient (Wildman–Crippen LogP) is 2.43. The van der Waals surface area contributed by atoms with E-state index in [1.165, 1.54) is 12.1 Å². The molecule has 5 heteroatoms. The van der Waals surface area contributed by atoms with E-state index >= 15 is 0 Å². The van der Waals surface area contributed by atoms with Crippen LogP contribution in [0.4, 0.5) is 10.1 Å². The Bertz CT molecular complexity index is 733. The molecule has 0 atom stereocenters. The van der Waals surface area contributed by atoms with Crippen molar-refractivity contribution in [2.75, 3.05) is 5.73 Å². The molecule has 3 rings (SSSR count). The molecule has 90 valence electrons. The van der Waals surface area contributed by atoms with E-state index in [1.807, 2.05) is 19.2 Å². The van der Waals surface area contributed by atoms with Crippen molar-refractivity contribution in [3.63, 3.8) is 0 Å². The average Bonchev–Trinajstić information content (AvgIpc) is 2.78. The van der Waals surface area contributed by atoms with E-state index < -0.39 is 0 Å². The number of hydrogen-bond donors (Lipinski definition) is 1. The predicted molar refractivity (Wildman–Crippen MR) is 67.5 cm³/mol. The lowest BCUT2D eigenvalue weighted by Crippen LogP contribution is -1.96. The van der Waals surface area contributed by atoms with Crippen molar-refractivity contribution < 1.29 is 4.39 Å². The molecule has 0 saturated heterocycles. The monoisotopic (exact) mass is 242 g/mol. The maximum absolute atomic E-state index is 13.2. The average molecular weight is 242 g/mol. The summed E-state index contributed by atoms with van der Waals surface area (Å²) in [5.74, 6) is 0.278. The molecule has 3 aromatic rings. The first-order valence-corrected chi connectivity index (χ1v) is 5.52. The van der Waals surface area contributed by atoms with Crippen LogP contribution in [-0.2, 0) is 0 Å². The summed E-state index contributed by atoms with van der Waals surface area (Å²) in [4.78, 5) is 0. The first-order chi connectivity index (χ1) is 8.66. The van der Waals surface area contributed by atoms with Crippen LogP contribution in [-0.4, -0.2) is 14.6 Å². The van der Waals surface area contributed by atoms with Crippen molar-refractivity contribution in [3.8, 4) is 11.4 Å². The standard InChI is InChI=1S/C13H11FN4/c1-8-5-6-18-12(16-17-13(18)11(8)15)9-3-2-4-10(14)7-9/h2-7H,15H2,1H3. The SMILES string of the molecule is Cc1ccn2c(-c3cccc(F)c3)nnc2c1N. The number of hydrogen-bond acceptors (Lipinski definition) is 3. The lowest BCUT2D eigenvalue weighted by molar-refractivity contribution is 0.628. The Hall–Kier alpha value is -2.43. The highest BCUT2D eigenvalue weighted by Gasteiger charge is 2.11. The fourth-order valence-corrected chi connectivity index (χ4v) is 1.89. The van der Waals surface area contributed by atoms with Crippen LogP contribution in [0.1, 0.15) is 5.56 Å². The smallest absolute Gasteiger partial charge is 0.184 e. The molecule has 2 aromatic heterocycles. The second-order valence-electron chi connectivity index (χ2n) is 4.14. The molecule has 2 N–H and O–H groups in total. The van der Waals surface area contributed by atoms with Gasteiger partial charge < -0.3 is 5.73 Å². The van der Waals surface area contributed by atoms with E-state index in [0.29, 0.717) is 22.7 Å². The maximum atomic E-state index is 13.2. The zero-order valence-electron chi connectivity index (χ0n) is 9.76. The van der Waals surface area contributed by atoms with Crippen molar-refractivity contribution in [3.05, 3.63) is 47.9 Å². The Labute approximate surface area is 103 Å². The topological polar surface area (TPSA) is 56.2 Å². The number of rotatable bonds is 1. The zero-order chi connectivity index (χ0) is 12.7. The molecule has 0 saturated carbocycles. The van der Waals surface area contributed by atoms with Crippen LogP contribution in [0.15, 0.2) is 36.5 Å². The Morgan fingerprint density at radius 3 is 2.83 bits per heavy atom. The number of pyridine rings is 1. The normalized spacial score (nSPS) is 11.0. The van der Waals surface area contributed by atoms with Crippen LogP contribution < -0.4 is 5.73 Å².